The number of hydrogen-bond donors (Lipinski definition) is 2. The van der Waals surface area contributed by atoms with Crippen LogP contribution in [0.5, 0.6) is 0 Å². The molecule has 0 aromatic heterocycles. The molecule has 0 aliphatic heterocycles. The summed E-state index contributed by atoms with van der Waals surface area (Å²) in [7, 11) is 0. The van der Waals surface area contributed by atoms with Crippen LogP contribution >= 0.6 is 0 Å². The lowest BCUT2D eigenvalue weighted by Crippen LogP contribution is -2.45. The van der Waals surface area contributed by atoms with Gasteiger partial charge in [0.15, 0.2) is 0 Å². The normalized spacial score (nSPS) is 10.7. The minimum atomic E-state index is -1.31. The van der Waals surface area contributed by atoms with Crippen LogP contribution in [-0.4, -0.2) is 18.4 Å². The molecular formula is C20H20FN3O2. The highest BCUT2D eigenvalue weighted by Crippen LogP contribution is 2.21. The van der Waals surface area contributed by atoms with Crippen LogP contribution in [0.1, 0.15) is 25.0 Å². The van der Waals surface area contributed by atoms with Gasteiger partial charge in [0.05, 0.1) is 11.3 Å². The average Bonchev–Trinajstić information content (AvgIpc) is 2.63. The van der Waals surface area contributed by atoms with Crippen molar-refractivity contribution in [3.63, 3.8) is 0 Å². The third kappa shape index (κ3) is 4.67. The molecule has 26 heavy (non-hydrogen) atoms. The summed E-state index contributed by atoms with van der Waals surface area (Å²) in [6.45, 7) is 3.37. The highest BCUT2D eigenvalue weighted by molar-refractivity contribution is 6.10. The van der Waals surface area contributed by atoms with Gasteiger partial charge in [-0.15, -0.1) is 0 Å². The van der Waals surface area contributed by atoms with Crippen LogP contribution in [0.4, 0.5) is 10.1 Å². The summed E-state index contributed by atoms with van der Waals surface area (Å²) in [5.41, 5.74) is 0.267. The first-order valence-electron chi connectivity index (χ1n) is 8.18. The van der Waals surface area contributed by atoms with Gasteiger partial charge in [-0.3, -0.25) is 9.59 Å². The second-order valence-electron chi connectivity index (χ2n) is 6.37. The molecule has 2 amide bonds. The Labute approximate surface area is 151 Å². The molecule has 0 spiro atoms. The number of nitriles is 1. The van der Waals surface area contributed by atoms with Gasteiger partial charge >= 0.3 is 0 Å². The summed E-state index contributed by atoms with van der Waals surface area (Å²) in [5.74, 6) is -1.24. The van der Waals surface area contributed by atoms with Crippen molar-refractivity contribution in [1.82, 2.24) is 5.32 Å². The molecule has 0 bridgehead atoms. The topological polar surface area (TPSA) is 82.0 Å². The van der Waals surface area contributed by atoms with Gasteiger partial charge < -0.3 is 10.6 Å². The lowest BCUT2D eigenvalue weighted by atomic mass is 9.90. The molecule has 2 N–H and O–H groups in total. The molecule has 2 aromatic carbocycles. The number of carbonyl (C=O) groups excluding carboxylic acids is 2. The zero-order valence-corrected chi connectivity index (χ0v) is 14.7. The molecule has 0 heterocycles. The number of para-hydroxylation sites is 1. The fraction of sp³-hybridized carbons (Fsp3) is 0.250. The maximum atomic E-state index is 12.9. The van der Waals surface area contributed by atoms with E-state index in [1.165, 1.54) is 26.0 Å². The minimum absolute atomic E-state index is 0.312. The van der Waals surface area contributed by atoms with Crippen molar-refractivity contribution >= 4 is 17.5 Å². The van der Waals surface area contributed by atoms with Crippen LogP contribution in [-0.2, 0) is 16.0 Å². The van der Waals surface area contributed by atoms with Gasteiger partial charge in [-0.05, 0) is 50.1 Å². The Morgan fingerprint density at radius 3 is 2.38 bits per heavy atom. The first kappa shape index (κ1) is 19.1. The Bertz CT molecular complexity index is 839. The quantitative estimate of drug-likeness (QED) is 0.783. The van der Waals surface area contributed by atoms with E-state index in [-0.39, 0.29) is 5.82 Å². The van der Waals surface area contributed by atoms with Crippen LogP contribution in [0, 0.1) is 22.6 Å². The van der Waals surface area contributed by atoms with E-state index in [1.807, 2.05) is 6.07 Å². The van der Waals surface area contributed by atoms with E-state index in [4.69, 9.17) is 5.26 Å². The number of halogens is 1. The van der Waals surface area contributed by atoms with Gasteiger partial charge in [-0.25, -0.2) is 4.39 Å². The first-order chi connectivity index (χ1) is 12.3. The van der Waals surface area contributed by atoms with Crippen LogP contribution in [0.25, 0.3) is 0 Å². The Kier molecular flexibility index (Phi) is 6.07. The van der Waals surface area contributed by atoms with Crippen molar-refractivity contribution in [1.29, 1.82) is 5.26 Å². The Morgan fingerprint density at radius 2 is 1.73 bits per heavy atom. The van der Waals surface area contributed by atoms with Gasteiger partial charge in [-0.1, -0.05) is 24.3 Å². The number of amides is 2. The van der Waals surface area contributed by atoms with Crippen LogP contribution in [0.2, 0.25) is 0 Å². The molecule has 134 valence electrons. The zero-order valence-electron chi connectivity index (χ0n) is 14.7. The molecule has 0 aliphatic carbocycles. The van der Waals surface area contributed by atoms with Crippen molar-refractivity contribution in [2.45, 2.75) is 20.3 Å². The minimum Gasteiger partial charge on any atom is -0.355 e. The lowest BCUT2D eigenvalue weighted by molar-refractivity contribution is -0.138. The monoisotopic (exact) mass is 353 g/mol. The third-order valence-corrected chi connectivity index (χ3v) is 4.04. The number of rotatable bonds is 6. The first-order valence-corrected chi connectivity index (χ1v) is 8.18. The van der Waals surface area contributed by atoms with Crippen molar-refractivity contribution in [3.8, 4) is 6.07 Å². The number of carbonyl (C=O) groups is 2. The highest BCUT2D eigenvalue weighted by atomic mass is 19.1. The molecule has 2 aromatic rings. The SMILES string of the molecule is CC(C)(C(=O)NCCc1ccc(F)cc1)C(=O)Nc1ccccc1C#N. The second kappa shape index (κ2) is 8.26. The summed E-state index contributed by atoms with van der Waals surface area (Å²) in [4.78, 5) is 24.9. The molecule has 0 atom stereocenters. The highest BCUT2D eigenvalue weighted by Gasteiger charge is 2.36. The van der Waals surface area contributed by atoms with E-state index in [9.17, 15) is 14.0 Å². The summed E-state index contributed by atoms with van der Waals surface area (Å²) in [6.07, 6.45) is 0.529. The zero-order chi connectivity index (χ0) is 19.2. The van der Waals surface area contributed by atoms with Gasteiger partial charge in [0.25, 0.3) is 0 Å². The summed E-state index contributed by atoms with van der Waals surface area (Å²) in [5, 5.41) is 14.4. The molecule has 5 nitrogen and oxygen atoms in total. The molecule has 2 rings (SSSR count). The molecule has 6 heteroatoms. The van der Waals surface area contributed by atoms with E-state index in [2.05, 4.69) is 10.6 Å². The standard InChI is InChI=1S/C20H20FN3O2/c1-20(2,19(26)24-17-6-4-3-5-15(17)13-22)18(25)23-12-11-14-7-9-16(21)10-8-14/h3-10H,11-12H2,1-2H3,(H,23,25)(H,24,26). The molecule has 0 aliphatic rings. The summed E-state index contributed by atoms with van der Waals surface area (Å²) < 4.78 is 12.9. The molecular weight excluding hydrogens is 333 g/mol. The molecule has 0 radical (unpaired) electrons. The number of nitrogens with one attached hydrogen (secondary N) is 2. The predicted octanol–water partition coefficient (Wildman–Crippen LogP) is 3.02. The number of nitrogens with zero attached hydrogens (tertiary/aromatic N) is 1. The van der Waals surface area contributed by atoms with Gasteiger partial charge in [0, 0.05) is 6.54 Å². The van der Waals surface area contributed by atoms with Crippen molar-refractivity contribution in [2.24, 2.45) is 5.41 Å². The molecule has 0 unspecified atom stereocenters. The van der Waals surface area contributed by atoms with Gasteiger partial charge in [-0.2, -0.15) is 5.26 Å². The Balaban J connectivity index is 1.94. The lowest BCUT2D eigenvalue weighted by Gasteiger charge is -2.23. The van der Waals surface area contributed by atoms with E-state index < -0.39 is 17.2 Å². The average molecular weight is 353 g/mol. The number of anilines is 1. The van der Waals surface area contributed by atoms with E-state index >= 15 is 0 Å². The fourth-order valence-electron chi connectivity index (χ4n) is 2.26. The number of benzene rings is 2. The summed E-state index contributed by atoms with van der Waals surface area (Å²) in [6, 6.07) is 14.6. The molecule has 0 saturated heterocycles. The van der Waals surface area contributed by atoms with Crippen LogP contribution < -0.4 is 10.6 Å². The van der Waals surface area contributed by atoms with Crippen LogP contribution in [0.15, 0.2) is 48.5 Å². The van der Waals surface area contributed by atoms with Crippen molar-refractivity contribution in [3.05, 3.63) is 65.5 Å². The summed E-state index contributed by atoms with van der Waals surface area (Å²) >= 11 is 0. The smallest absolute Gasteiger partial charge is 0.239 e. The van der Waals surface area contributed by atoms with Crippen molar-refractivity contribution < 1.29 is 14.0 Å². The van der Waals surface area contributed by atoms with Crippen LogP contribution in [0.3, 0.4) is 0 Å². The van der Waals surface area contributed by atoms with E-state index in [0.29, 0.717) is 24.2 Å². The molecule has 0 saturated carbocycles. The largest absolute Gasteiger partial charge is 0.355 e. The van der Waals surface area contributed by atoms with Gasteiger partial charge in [0.2, 0.25) is 11.8 Å². The Morgan fingerprint density at radius 1 is 1.08 bits per heavy atom. The predicted molar refractivity (Wildman–Crippen MR) is 96.7 cm³/mol. The number of hydrogen-bond acceptors (Lipinski definition) is 3. The van der Waals surface area contributed by atoms with E-state index in [0.717, 1.165) is 5.56 Å². The van der Waals surface area contributed by atoms with Crippen molar-refractivity contribution in [2.75, 3.05) is 11.9 Å². The van der Waals surface area contributed by atoms with Gasteiger partial charge in [0.1, 0.15) is 17.3 Å². The Hall–Kier alpha value is -3.20. The molecule has 0 fully saturated rings. The fourth-order valence-corrected chi connectivity index (χ4v) is 2.26. The maximum Gasteiger partial charge on any atom is 0.239 e. The van der Waals surface area contributed by atoms with E-state index in [1.54, 1.807) is 36.4 Å². The maximum absolute atomic E-state index is 12.9. The third-order valence-electron chi connectivity index (χ3n) is 4.04. The second-order valence-corrected chi connectivity index (χ2v) is 6.37.